The lowest BCUT2D eigenvalue weighted by Gasteiger charge is -2.17. The molecule has 50 heavy (non-hydrogen) atoms. The normalized spacial score (nSPS) is 12.4. The third kappa shape index (κ3) is 3.31. The summed E-state index contributed by atoms with van der Waals surface area (Å²) < 4.78 is 0. The largest absolute Gasteiger partial charge is 0.0622 e. The Morgan fingerprint density at radius 3 is 1.18 bits per heavy atom. The predicted octanol–water partition coefficient (Wildman–Crippen LogP) is 14.3. The average Bonchev–Trinajstić information content (AvgIpc) is 3.67. The Morgan fingerprint density at radius 2 is 0.600 bits per heavy atom. The van der Waals surface area contributed by atoms with Crippen LogP contribution in [0.2, 0.25) is 0 Å². The van der Waals surface area contributed by atoms with Gasteiger partial charge in [-0.3, -0.25) is 0 Å². The third-order valence-corrected chi connectivity index (χ3v) is 11.5. The molecule has 0 bridgehead atoms. The summed E-state index contributed by atoms with van der Waals surface area (Å²) in [4.78, 5) is 0. The Morgan fingerprint density at radius 1 is 0.200 bits per heavy atom. The van der Waals surface area contributed by atoms with Crippen LogP contribution >= 0.6 is 0 Å². The molecule has 12 aromatic carbocycles. The van der Waals surface area contributed by atoms with E-state index in [1.54, 1.807) is 0 Å². The zero-order chi connectivity index (χ0) is 32.5. The van der Waals surface area contributed by atoms with E-state index in [9.17, 15) is 0 Å². The van der Waals surface area contributed by atoms with Crippen molar-refractivity contribution in [2.45, 2.75) is 0 Å². The first-order valence-electron chi connectivity index (χ1n) is 17.5. The minimum atomic E-state index is 1.25. The number of hydrogen-bond donors (Lipinski definition) is 0. The lowest BCUT2D eigenvalue weighted by molar-refractivity contribution is 1.68. The zero-order valence-electron chi connectivity index (χ0n) is 27.2. The summed E-state index contributed by atoms with van der Waals surface area (Å²) in [6.07, 6.45) is 0. The first-order chi connectivity index (χ1) is 24.8. The van der Waals surface area contributed by atoms with Crippen LogP contribution in [0, 0.1) is 0 Å². The molecule has 0 atom stereocenters. The first-order valence-corrected chi connectivity index (χ1v) is 17.5. The highest BCUT2D eigenvalue weighted by Crippen LogP contribution is 2.54. The van der Waals surface area contributed by atoms with Crippen molar-refractivity contribution in [2.24, 2.45) is 0 Å². The maximum absolute atomic E-state index is 2.53. The van der Waals surface area contributed by atoms with Gasteiger partial charge in [0.25, 0.3) is 0 Å². The maximum Gasteiger partial charge on any atom is -0.000719 e. The van der Waals surface area contributed by atoms with Gasteiger partial charge in [0.2, 0.25) is 0 Å². The molecule has 0 heteroatoms. The van der Waals surface area contributed by atoms with E-state index in [-0.39, 0.29) is 0 Å². The van der Waals surface area contributed by atoms with Gasteiger partial charge < -0.3 is 0 Å². The van der Waals surface area contributed by atoms with E-state index in [0.29, 0.717) is 0 Å². The highest BCUT2D eigenvalue weighted by molar-refractivity contribution is 6.44. The molecule has 0 radical (unpaired) electrons. The molecule has 0 aliphatic carbocycles. The molecule has 0 saturated heterocycles. The minimum Gasteiger partial charge on any atom is -0.0622 e. The van der Waals surface area contributed by atoms with Gasteiger partial charge in [0.15, 0.2) is 0 Å². The summed E-state index contributed by atoms with van der Waals surface area (Å²) in [5.74, 6) is 0. The molecule has 0 saturated carbocycles. The smallest absolute Gasteiger partial charge is 0.000719 e. The Hall–Kier alpha value is -6.50. The van der Waals surface area contributed by atoms with E-state index in [2.05, 4.69) is 170 Å². The molecule has 0 heterocycles. The van der Waals surface area contributed by atoms with Crippen molar-refractivity contribution < 1.29 is 0 Å². The molecule has 12 aromatic rings. The molecule has 0 aromatic heterocycles. The maximum atomic E-state index is 2.53. The van der Waals surface area contributed by atoms with Crippen LogP contribution in [0.1, 0.15) is 0 Å². The fourth-order valence-electron chi connectivity index (χ4n) is 9.49. The molecule has 0 unspecified atom stereocenters. The minimum absolute atomic E-state index is 1.25. The number of rotatable bonds is 2. The first kappa shape index (κ1) is 26.5. The Labute approximate surface area is 288 Å². The van der Waals surface area contributed by atoms with Gasteiger partial charge >= 0.3 is 0 Å². The van der Waals surface area contributed by atoms with Gasteiger partial charge in [-0.1, -0.05) is 146 Å². The second kappa shape index (κ2) is 9.56. The van der Waals surface area contributed by atoms with Crippen LogP contribution in [-0.2, 0) is 0 Å². The van der Waals surface area contributed by atoms with Gasteiger partial charge in [0.05, 0.1) is 0 Å². The molecule has 228 valence electrons. The van der Waals surface area contributed by atoms with Gasteiger partial charge in [-0.2, -0.15) is 0 Å². The van der Waals surface area contributed by atoms with Gasteiger partial charge in [0.1, 0.15) is 0 Å². The predicted molar refractivity (Wildman–Crippen MR) is 217 cm³/mol. The molecular weight excluding hydrogens is 601 g/mol. The molecule has 0 N–H and O–H groups in total. The topological polar surface area (TPSA) is 0 Å². The van der Waals surface area contributed by atoms with Gasteiger partial charge in [-0.25, -0.2) is 0 Å². The Balaban J connectivity index is 1.41. The molecule has 0 fully saturated rings. The van der Waals surface area contributed by atoms with Crippen LogP contribution in [-0.4, -0.2) is 0 Å². The second-order valence-electron chi connectivity index (χ2n) is 13.9. The molecular formula is C50H28. The molecule has 0 amide bonds. The molecule has 0 spiro atoms. The van der Waals surface area contributed by atoms with E-state index < -0.39 is 0 Å². The van der Waals surface area contributed by atoms with Crippen molar-refractivity contribution in [3.05, 3.63) is 170 Å². The van der Waals surface area contributed by atoms with Crippen molar-refractivity contribution in [2.75, 3.05) is 0 Å². The zero-order valence-corrected chi connectivity index (χ0v) is 27.2. The van der Waals surface area contributed by atoms with Crippen LogP contribution in [0.15, 0.2) is 170 Å². The Bertz CT molecular complexity index is 3330. The van der Waals surface area contributed by atoms with Crippen molar-refractivity contribution in [1.29, 1.82) is 0 Å². The quantitative estimate of drug-likeness (QED) is 0.167. The van der Waals surface area contributed by atoms with E-state index in [1.165, 1.54) is 119 Å². The standard InChI is InChI=1S/C50H28/c1-3-13-29(14-4-1)45-43-28-40-39(37-23-11-21-35-33-19-9-7-17-31(33)25-41(40)47(35)37)27-42(43)46(30-15-5-2-6-16-30)50-44-26-32-18-8-10-20-34(32)36-22-12-24-38(48(36)44)49(45)50/h1-28H. The SMILES string of the molecule is c1ccc(-c2c3cc4c(cc3c(-c3ccccc3)c3c5cc6ccccc6c6cccc(c23)c65)c2cccc3c5ccccc5cc4c32)cc1. The lowest BCUT2D eigenvalue weighted by Crippen LogP contribution is -1.89. The third-order valence-electron chi connectivity index (χ3n) is 11.5. The second-order valence-corrected chi connectivity index (χ2v) is 13.9. The fraction of sp³-hybridized carbons (Fsp3) is 0. The lowest BCUT2D eigenvalue weighted by atomic mass is 9.85. The van der Waals surface area contributed by atoms with Crippen LogP contribution in [0.3, 0.4) is 0 Å². The summed E-state index contributed by atoms with van der Waals surface area (Å²) in [5, 5.41) is 23.8. The summed E-state index contributed by atoms with van der Waals surface area (Å²) in [6, 6.07) is 63.7. The summed E-state index contributed by atoms with van der Waals surface area (Å²) in [6.45, 7) is 0. The van der Waals surface area contributed by atoms with Crippen LogP contribution in [0.4, 0.5) is 0 Å². The fourth-order valence-corrected chi connectivity index (χ4v) is 9.49. The van der Waals surface area contributed by atoms with Crippen molar-refractivity contribution in [1.82, 2.24) is 0 Å². The Kier molecular flexibility index (Phi) is 5.06. The molecule has 0 aliphatic rings. The van der Waals surface area contributed by atoms with Gasteiger partial charge in [0, 0.05) is 0 Å². The van der Waals surface area contributed by atoms with Gasteiger partial charge in [-0.05, 0) is 143 Å². The highest BCUT2D eigenvalue weighted by atomic mass is 14.3. The van der Waals surface area contributed by atoms with Crippen LogP contribution < -0.4 is 0 Å². The van der Waals surface area contributed by atoms with E-state index in [1.807, 2.05) is 0 Å². The number of hydrogen-bond acceptors (Lipinski definition) is 0. The summed E-state index contributed by atoms with van der Waals surface area (Å²) in [7, 11) is 0. The summed E-state index contributed by atoms with van der Waals surface area (Å²) >= 11 is 0. The number of fused-ring (bicyclic) bond motifs is 11. The van der Waals surface area contributed by atoms with E-state index in [4.69, 9.17) is 0 Å². The van der Waals surface area contributed by atoms with Gasteiger partial charge in [-0.15, -0.1) is 0 Å². The van der Waals surface area contributed by atoms with E-state index in [0.717, 1.165) is 0 Å². The van der Waals surface area contributed by atoms with Crippen molar-refractivity contribution in [3.8, 4) is 22.3 Å². The molecule has 0 aliphatic heterocycles. The number of benzene rings is 10. The van der Waals surface area contributed by atoms with Crippen LogP contribution in [0.5, 0.6) is 0 Å². The van der Waals surface area contributed by atoms with E-state index >= 15 is 0 Å². The average molecular weight is 629 g/mol. The molecule has 0 nitrogen and oxygen atoms in total. The van der Waals surface area contributed by atoms with Crippen molar-refractivity contribution in [3.63, 3.8) is 0 Å². The molecule has 12 rings (SSSR count). The monoisotopic (exact) mass is 628 g/mol. The van der Waals surface area contributed by atoms with Crippen molar-refractivity contribution >= 4 is 97.0 Å². The van der Waals surface area contributed by atoms with Crippen LogP contribution in [0.25, 0.3) is 119 Å². The highest BCUT2D eigenvalue weighted by Gasteiger charge is 2.25. The summed E-state index contributed by atoms with van der Waals surface area (Å²) in [5.41, 5.74) is 5.14.